The fraction of sp³-hybridized carbons (Fsp3) is 0.286. The fourth-order valence-electron chi connectivity index (χ4n) is 2.16. The van der Waals surface area contributed by atoms with Crippen LogP contribution >= 0.6 is 11.8 Å². The Hall–Kier alpha value is -1.75. The summed E-state index contributed by atoms with van der Waals surface area (Å²) in [4.78, 5) is 16.2. The zero-order valence-corrected chi connectivity index (χ0v) is 11.2. The van der Waals surface area contributed by atoms with Crippen molar-refractivity contribution in [2.75, 3.05) is 6.61 Å². The molecule has 0 N–H and O–H groups in total. The van der Waals surface area contributed by atoms with Crippen molar-refractivity contribution < 1.29 is 9.53 Å². The van der Waals surface area contributed by atoms with E-state index in [1.807, 2.05) is 30.3 Å². The number of ether oxygens (including phenoxy) is 1. The molecule has 4 nitrogen and oxygen atoms in total. The molecule has 0 aliphatic carbocycles. The molecule has 19 heavy (non-hydrogen) atoms. The van der Waals surface area contributed by atoms with Crippen LogP contribution in [-0.2, 0) is 16.1 Å². The highest BCUT2D eigenvalue weighted by molar-refractivity contribution is 8.00. The minimum Gasteiger partial charge on any atom is -0.465 e. The summed E-state index contributed by atoms with van der Waals surface area (Å²) in [7, 11) is 0. The molecule has 1 atom stereocenters. The SMILES string of the molecule is C=CCn1c(S[C@@H]2CCOC2=O)nc2ccccc21. The van der Waals surface area contributed by atoms with E-state index in [-0.39, 0.29) is 11.2 Å². The number of imidazole rings is 1. The number of aromatic nitrogens is 2. The van der Waals surface area contributed by atoms with Gasteiger partial charge in [-0.15, -0.1) is 6.58 Å². The van der Waals surface area contributed by atoms with Crippen LogP contribution in [-0.4, -0.2) is 27.4 Å². The van der Waals surface area contributed by atoms with Gasteiger partial charge in [-0.25, -0.2) is 4.98 Å². The molecule has 1 aliphatic heterocycles. The van der Waals surface area contributed by atoms with Crippen LogP contribution in [0, 0.1) is 0 Å². The predicted octanol–water partition coefficient (Wildman–Crippen LogP) is 2.63. The summed E-state index contributed by atoms with van der Waals surface area (Å²) < 4.78 is 7.08. The largest absolute Gasteiger partial charge is 0.465 e. The highest BCUT2D eigenvalue weighted by Crippen LogP contribution is 2.31. The van der Waals surface area contributed by atoms with Gasteiger partial charge in [0.25, 0.3) is 0 Å². The molecule has 1 aromatic heterocycles. The molecule has 0 unspecified atom stereocenters. The molecule has 2 heterocycles. The van der Waals surface area contributed by atoms with Crippen molar-refractivity contribution in [3.8, 4) is 0 Å². The lowest BCUT2D eigenvalue weighted by Crippen LogP contribution is -2.11. The van der Waals surface area contributed by atoms with Crippen LogP contribution < -0.4 is 0 Å². The minimum absolute atomic E-state index is 0.137. The maximum Gasteiger partial charge on any atom is 0.319 e. The number of esters is 1. The van der Waals surface area contributed by atoms with Gasteiger partial charge >= 0.3 is 5.97 Å². The van der Waals surface area contributed by atoms with Crippen molar-refractivity contribution >= 4 is 28.8 Å². The number of thioether (sulfide) groups is 1. The van der Waals surface area contributed by atoms with Crippen molar-refractivity contribution in [3.63, 3.8) is 0 Å². The van der Waals surface area contributed by atoms with Gasteiger partial charge in [-0.3, -0.25) is 4.79 Å². The Balaban J connectivity index is 1.99. The maximum atomic E-state index is 11.6. The van der Waals surface area contributed by atoms with Crippen LogP contribution in [0.15, 0.2) is 42.1 Å². The van der Waals surface area contributed by atoms with Crippen molar-refractivity contribution in [2.45, 2.75) is 23.4 Å². The Bertz CT molecular complexity index is 635. The molecule has 1 aliphatic rings. The summed E-state index contributed by atoms with van der Waals surface area (Å²) >= 11 is 1.48. The summed E-state index contributed by atoms with van der Waals surface area (Å²) in [5.74, 6) is -0.137. The van der Waals surface area contributed by atoms with E-state index in [1.54, 1.807) is 0 Å². The van der Waals surface area contributed by atoms with Gasteiger partial charge in [0.15, 0.2) is 5.16 Å². The second-order valence-electron chi connectivity index (χ2n) is 4.35. The number of nitrogens with zero attached hydrogens (tertiary/aromatic N) is 2. The van der Waals surface area contributed by atoms with Gasteiger partial charge in [0.2, 0.25) is 0 Å². The number of benzene rings is 1. The van der Waals surface area contributed by atoms with E-state index in [9.17, 15) is 4.79 Å². The molecule has 0 spiro atoms. The Morgan fingerprint density at radius 3 is 3.11 bits per heavy atom. The molecule has 0 bridgehead atoms. The third-order valence-corrected chi connectivity index (χ3v) is 4.30. The Kier molecular flexibility index (Phi) is 3.29. The van der Waals surface area contributed by atoms with Gasteiger partial charge in [0.1, 0.15) is 5.25 Å². The Labute approximate surface area is 115 Å². The van der Waals surface area contributed by atoms with E-state index >= 15 is 0 Å². The number of hydrogen-bond acceptors (Lipinski definition) is 4. The molecule has 3 rings (SSSR count). The number of para-hydroxylation sites is 2. The minimum atomic E-state index is -0.139. The smallest absolute Gasteiger partial charge is 0.319 e. The molecule has 98 valence electrons. The zero-order valence-electron chi connectivity index (χ0n) is 10.4. The van der Waals surface area contributed by atoms with Crippen LogP contribution in [0.5, 0.6) is 0 Å². The number of rotatable bonds is 4. The Morgan fingerprint density at radius 2 is 2.37 bits per heavy atom. The lowest BCUT2D eigenvalue weighted by Gasteiger charge is -2.07. The molecule has 1 saturated heterocycles. The Morgan fingerprint density at radius 1 is 1.53 bits per heavy atom. The molecule has 1 fully saturated rings. The number of carbonyl (C=O) groups is 1. The topological polar surface area (TPSA) is 44.1 Å². The summed E-state index contributed by atoms with van der Waals surface area (Å²) in [6.07, 6.45) is 2.59. The van der Waals surface area contributed by atoms with Crippen molar-refractivity contribution in [1.29, 1.82) is 0 Å². The van der Waals surface area contributed by atoms with Gasteiger partial charge in [0.05, 0.1) is 17.6 Å². The zero-order chi connectivity index (χ0) is 13.2. The van der Waals surface area contributed by atoms with Crippen molar-refractivity contribution in [3.05, 3.63) is 36.9 Å². The average Bonchev–Trinajstić information content (AvgIpc) is 2.96. The van der Waals surface area contributed by atoms with Gasteiger partial charge in [-0.1, -0.05) is 30.0 Å². The average molecular weight is 274 g/mol. The second kappa shape index (κ2) is 5.09. The summed E-state index contributed by atoms with van der Waals surface area (Å²) in [5.41, 5.74) is 2.01. The molecule has 5 heteroatoms. The lowest BCUT2D eigenvalue weighted by atomic mass is 10.3. The van der Waals surface area contributed by atoms with Crippen LogP contribution in [0.2, 0.25) is 0 Å². The maximum absolute atomic E-state index is 11.6. The molecule has 0 radical (unpaired) electrons. The molecule has 1 aromatic carbocycles. The van der Waals surface area contributed by atoms with Gasteiger partial charge in [-0.05, 0) is 12.1 Å². The monoisotopic (exact) mass is 274 g/mol. The molecular weight excluding hydrogens is 260 g/mol. The first-order chi connectivity index (χ1) is 9.29. The summed E-state index contributed by atoms with van der Waals surface area (Å²) in [6, 6.07) is 7.96. The summed E-state index contributed by atoms with van der Waals surface area (Å²) in [6.45, 7) is 4.98. The van der Waals surface area contributed by atoms with Gasteiger partial charge < -0.3 is 9.30 Å². The highest BCUT2D eigenvalue weighted by atomic mass is 32.2. The first-order valence-corrected chi connectivity index (χ1v) is 7.07. The number of allylic oxidation sites excluding steroid dienone is 1. The van der Waals surface area contributed by atoms with Crippen LogP contribution in [0.3, 0.4) is 0 Å². The normalized spacial score (nSPS) is 18.7. The number of fused-ring (bicyclic) bond motifs is 1. The van der Waals surface area contributed by atoms with Gasteiger partial charge in [0, 0.05) is 13.0 Å². The molecule has 0 amide bonds. The highest BCUT2D eigenvalue weighted by Gasteiger charge is 2.29. The van der Waals surface area contributed by atoms with Gasteiger partial charge in [-0.2, -0.15) is 0 Å². The fourth-order valence-corrected chi connectivity index (χ4v) is 3.24. The van der Waals surface area contributed by atoms with E-state index in [4.69, 9.17) is 4.74 Å². The van der Waals surface area contributed by atoms with E-state index in [0.29, 0.717) is 13.2 Å². The predicted molar refractivity (Wildman–Crippen MR) is 75.2 cm³/mol. The molecule has 2 aromatic rings. The molecular formula is C14H14N2O2S. The number of cyclic esters (lactones) is 1. The van der Waals surface area contributed by atoms with E-state index in [1.165, 1.54) is 11.8 Å². The first kappa shape index (κ1) is 12.3. The van der Waals surface area contributed by atoms with Crippen LogP contribution in [0.1, 0.15) is 6.42 Å². The van der Waals surface area contributed by atoms with Crippen molar-refractivity contribution in [2.24, 2.45) is 0 Å². The van der Waals surface area contributed by atoms with Crippen molar-refractivity contribution in [1.82, 2.24) is 9.55 Å². The van der Waals surface area contributed by atoms with E-state index in [0.717, 1.165) is 22.6 Å². The lowest BCUT2D eigenvalue weighted by molar-refractivity contribution is -0.137. The van der Waals surface area contributed by atoms with Crippen LogP contribution in [0.25, 0.3) is 11.0 Å². The summed E-state index contributed by atoms with van der Waals surface area (Å²) in [5, 5.41) is 0.713. The first-order valence-electron chi connectivity index (χ1n) is 6.19. The molecule has 0 saturated carbocycles. The van der Waals surface area contributed by atoms with E-state index in [2.05, 4.69) is 16.1 Å². The number of hydrogen-bond donors (Lipinski definition) is 0. The third-order valence-electron chi connectivity index (χ3n) is 3.07. The quantitative estimate of drug-likeness (QED) is 0.635. The second-order valence-corrected chi connectivity index (χ2v) is 5.51. The standard InChI is InChI=1S/C14H14N2O2S/c1-2-8-16-11-6-4-3-5-10(11)15-14(16)19-12-7-9-18-13(12)17/h2-6,12H,1,7-9H2/t12-/m1/s1. The number of carbonyl (C=O) groups excluding carboxylic acids is 1. The van der Waals surface area contributed by atoms with E-state index < -0.39 is 0 Å². The third kappa shape index (κ3) is 2.26. The van der Waals surface area contributed by atoms with Crippen LogP contribution in [0.4, 0.5) is 0 Å².